The van der Waals surface area contributed by atoms with Gasteiger partial charge in [-0.1, -0.05) is 23.2 Å². The molecule has 0 spiro atoms. The lowest BCUT2D eigenvalue weighted by atomic mass is 10.2. The molecule has 24 heavy (non-hydrogen) atoms. The molecule has 2 aromatic rings. The quantitative estimate of drug-likeness (QED) is 0.496. The summed E-state index contributed by atoms with van der Waals surface area (Å²) >= 11 is 11.7. The number of nitrogens with one attached hydrogen (secondary N) is 1. The first kappa shape index (κ1) is 17.9. The molecule has 0 aliphatic rings. The number of hydrazone groups is 1. The van der Waals surface area contributed by atoms with Crippen LogP contribution in [-0.2, 0) is 6.54 Å². The smallest absolute Gasteiger partial charge is 0.358 e. The van der Waals surface area contributed by atoms with Crippen LogP contribution in [0.15, 0.2) is 29.4 Å². The van der Waals surface area contributed by atoms with E-state index >= 15 is 0 Å². The van der Waals surface area contributed by atoms with Crippen LogP contribution in [0.4, 0.5) is 5.82 Å². The number of aryl methyl sites for hydroxylation is 1. The minimum Gasteiger partial charge on any atom is -0.358 e. The third kappa shape index (κ3) is 4.30. The van der Waals surface area contributed by atoms with E-state index in [9.17, 15) is 14.9 Å². The molecular weight excluding hydrogens is 357 g/mol. The van der Waals surface area contributed by atoms with Gasteiger partial charge >= 0.3 is 5.82 Å². The topological polar surface area (TPSA) is 102 Å². The Balaban J connectivity index is 2.04. The number of carbonyl (C=O) groups is 1. The molecule has 1 aromatic carbocycles. The number of amides is 1. The molecule has 2 rings (SSSR count). The van der Waals surface area contributed by atoms with Gasteiger partial charge in [-0.15, -0.1) is 0 Å². The first-order valence-electron chi connectivity index (χ1n) is 6.75. The molecule has 0 atom stereocenters. The van der Waals surface area contributed by atoms with E-state index in [4.69, 9.17) is 23.2 Å². The molecule has 1 N–H and O–H groups in total. The maximum absolute atomic E-state index is 12.0. The maximum atomic E-state index is 12.0. The number of benzene rings is 1. The van der Waals surface area contributed by atoms with Crippen molar-refractivity contribution in [3.8, 4) is 0 Å². The fourth-order valence-corrected chi connectivity index (χ4v) is 2.14. The van der Waals surface area contributed by atoms with Crippen LogP contribution in [0.25, 0.3) is 0 Å². The van der Waals surface area contributed by atoms with Crippen LogP contribution >= 0.6 is 23.2 Å². The predicted octanol–water partition coefficient (Wildman–Crippen LogP) is 3.21. The highest BCUT2D eigenvalue weighted by Gasteiger charge is 2.15. The van der Waals surface area contributed by atoms with E-state index < -0.39 is 10.8 Å². The molecule has 1 aromatic heterocycles. The van der Waals surface area contributed by atoms with Crippen molar-refractivity contribution < 1.29 is 9.72 Å². The highest BCUT2D eigenvalue weighted by Crippen LogP contribution is 2.22. The van der Waals surface area contributed by atoms with E-state index in [1.165, 1.54) is 28.9 Å². The minimum atomic E-state index is -0.567. The first-order valence-corrected chi connectivity index (χ1v) is 7.51. The van der Waals surface area contributed by atoms with Crippen molar-refractivity contribution in [2.24, 2.45) is 5.10 Å². The van der Waals surface area contributed by atoms with Crippen LogP contribution in [0.3, 0.4) is 0 Å². The standard InChI is InChI=1S/C14H13Cl2N5O3/c1-8(7-20-9(2)5-13(19-20)21(23)24)17-18-14(22)10-3-4-11(15)12(16)6-10/h3-6H,7H2,1-2H3,(H,18,22). The number of hydrogen-bond donors (Lipinski definition) is 1. The summed E-state index contributed by atoms with van der Waals surface area (Å²) in [6.07, 6.45) is 0. The zero-order valence-electron chi connectivity index (χ0n) is 12.8. The van der Waals surface area contributed by atoms with Crippen molar-refractivity contribution in [2.45, 2.75) is 20.4 Å². The molecule has 0 unspecified atom stereocenters. The number of halogens is 2. The van der Waals surface area contributed by atoms with Crippen LogP contribution in [0.2, 0.25) is 10.0 Å². The van der Waals surface area contributed by atoms with Crippen molar-refractivity contribution in [3.05, 3.63) is 55.7 Å². The fraction of sp³-hybridized carbons (Fsp3) is 0.214. The van der Waals surface area contributed by atoms with E-state index in [-0.39, 0.29) is 17.4 Å². The Bertz CT molecular complexity index is 832. The number of nitrogens with zero attached hydrogens (tertiary/aromatic N) is 4. The highest BCUT2D eigenvalue weighted by atomic mass is 35.5. The molecule has 8 nitrogen and oxygen atoms in total. The van der Waals surface area contributed by atoms with Crippen molar-refractivity contribution >= 4 is 40.6 Å². The molecular formula is C14H13Cl2N5O3. The summed E-state index contributed by atoms with van der Waals surface area (Å²) in [6.45, 7) is 3.57. The number of nitro groups is 1. The number of hydrogen-bond acceptors (Lipinski definition) is 5. The summed E-state index contributed by atoms with van der Waals surface area (Å²) < 4.78 is 1.43. The van der Waals surface area contributed by atoms with Gasteiger partial charge in [-0.25, -0.2) is 5.43 Å². The number of carbonyl (C=O) groups excluding carboxylic acids is 1. The Hall–Kier alpha value is -2.45. The van der Waals surface area contributed by atoms with Crippen LogP contribution in [0.5, 0.6) is 0 Å². The van der Waals surface area contributed by atoms with Crippen molar-refractivity contribution in [3.63, 3.8) is 0 Å². The largest absolute Gasteiger partial charge is 0.390 e. The highest BCUT2D eigenvalue weighted by molar-refractivity contribution is 6.42. The zero-order valence-corrected chi connectivity index (χ0v) is 14.3. The number of rotatable bonds is 5. The molecule has 0 fully saturated rings. The van der Waals surface area contributed by atoms with Gasteiger partial charge in [0.15, 0.2) is 0 Å². The second kappa shape index (κ2) is 7.41. The monoisotopic (exact) mass is 369 g/mol. The fourth-order valence-electron chi connectivity index (χ4n) is 1.84. The van der Waals surface area contributed by atoms with E-state index in [2.05, 4.69) is 15.6 Å². The average Bonchev–Trinajstić information content (AvgIpc) is 2.89. The Morgan fingerprint density at radius 3 is 2.67 bits per heavy atom. The van der Waals surface area contributed by atoms with Crippen molar-refractivity contribution in [1.82, 2.24) is 15.2 Å². The lowest BCUT2D eigenvalue weighted by molar-refractivity contribution is -0.389. The minimum absolute atomic E-state index is 0.210. The second-order valence-corrected chi connectivity index (χ2v) is 5.79. The molecule has 0 radical (unpaired) electrons. The van der Waals surface area contributed by atoms with Gasteiger partial charge in [0.2, 0.25) is 0 Å². The van der Waals surface area contributed by atoms with Gasteiger partial charge in [0, 0.05) is 5.56 Å². The third-order valence-electron chi connectivity index (χ3n) is 3.06. The molecule has 0 bridgehead atoms. The predicted molar refractivity (Wildman–Crippen MR) is 90.7 cm³/mol. The molecule has 0 saturated carbocycles. The molecule has 126 valence electrons. The summed E-state index contributed by atoms with van der Waals surface area (Å²) in [5.41, 5.74) is 3.83. The average molecular weight is 370 g/mol. The van der Waals surface area contributed by atoms with Gasteiger partial charge < -0.3 is 10.1 Å². The van der Waals surface area contributed by atoms with Gasteiger partial charge in [-0.05, 0) is 37.0 Å². The van der Waals surface area contributed by atoms with Crippen molar-refractivity contribution in [2.75, 3.05) is 0 Å². The molecule has 0 aliphatic heterocycles. The van der Waals surface area contributed by atoms with Crippen LogP contribution < -0.4 is 5.43 Å². The lowest BCUT2D eigenvalue weighted by Crippen LogP contribution is -2.21. The summed E-state index contributed by atoms with van der Waals surface area (Å²) in [4.78, 5) is 22.1. The summed E-state index contributed by atoms with van der Waals surface area (Å²) in [5.74, 6) is -0.684. The summed E-state index contributed by atoms with van der Waals surface area (Å²) in [6, 6.07) is 5.84. The van der Waals surface area contributed by atoms with Crippen LogP contribution in [0, 0.1) is 17.0 Å². The van der Waals surface area contributed by atoms with E-state index in [1.54, 1.807) is 13.8 Å². The second-order valence-electron chi connectivity index (χ2n) is 4.98. The first-order chi connectivity index (χ1) is 11.3. The van der Waals surface area contributed by atoms with E-state index in [1.807, 2.05) is 0 Å². The van der Waals surface area contributed by atoms with Crippen molar-refractivity contribution in [1.29, 1.82) is 0 Å². The van der Waals surface area contributed by atoms with Gasteiger partial charge in [-0.2, -0.15) is 9.78 Å². The molecule has 1 heterocycles. The van der Waals surface area contributed by atoms with Gasteiger partial charge in [0.05, 0.1) is 32.6 Å². The third-order valence-corrected chi connectivity index (χ3v) is 3.80. The number of aromatic nitrogens is 2. The van der Waals surface area contributed by atoms with Gasteiger partial charge in [-0.3, -0.25) is 4.79 Å². The maximum Gasteiger partial charge on any atom is 0.390 e. The van der Waals surface area contributed by atoms with E-state index in [0.717, 1.165) is 0 Å². The Morgan fingerprint density at radius 1 is 1.38 bits per heavy atom. The summed E-state index contributed by atoms with van der Waals surface area (Å²) in [7, 11) is 0. The Morgan fingerprint density at radius 2 is 2.08 bits per heavy atom. The molecule has 1 amide bonds. The Labute approximate surface area is 147 Å². The zero-order chi connectivity index (χ0) is 17.9. The lowest BCUT2D eigenvalue weighted by Gasteiger charge is -2.04. The summed E-state index contributed by atoms with van der Waals surface area (Å²) in [5, 5.41) is 19.1. The SMILES string of the molecule is CC(Cn1nc([N+](=O)[O-])cc1C)=NNC(=O)c1ccc(Cl)c(Cl)c1. The van der Waals surface area contributed by atoms with Crippen LogP contribution in [0.1, 0.15) is 23.0 Å². The van der Waals surface area contributed by atoms with Crippen LogP contribution in [-0.4, -0.2) is 26.3 Å². The van der Waals surface area contributed by atoms with Gasteiger partial charge in [0.1, 0.15) is 6.54 Å². The molecule has 10 heteroatoms. The Kier molecular flexibility index (Phi) is 5.53. The van der Waals surface area contributed by atoms with Gasteiger partial charge in [0.25, 0.3) is 5.91 Å². The van der Waals surface area contributed by atoms with E-state index in [0.29, 0.717) is 22.0 Å². The molecule has 0 saturated heterocycles. The molecule has 0 aliphatic carbocycles. The normalized spacial score (nSPS) is 11.4.